The molecular weight excluding hydrogens is 521 g/mol. The largest absolute Gasteiger partial charge is 0.493 e. The van der Waals surface area contributed by atoms with E-state index >= 15 is 0 Å². The normalized spacial score (nSPS) is 13.5. The van der Waals surface area contributed by atoms with E-state index in [0.29, 0.717) is 68.7 Å². The molecule has 0 bridgehead atoms. The summed E-state index contributed by atoms with van der Waals surface area (Å²) in [5.74, 6) is 0.112. The van der Waals surface area contributed by atoms with Crippen molar-refractivity contribution < 1.29 is 37.7 Å². The minimum atomic E-state index is -0.368. The molecule has 2 aromatic rings. The predicted octanol–water partition coefficient (Wildman–Crippen LogP) is 2.98. The van der Waals surface area contributed by atoms with E-state index < -0.39 is 0 Å². The average molecular weight is 560 g/mol. The third-order valence-corrected chi connectivity index (χ3v) is 6.75. The van der Waals surface area contributed by atoms with Gasteiger partial charge < -0.3 is 28.7 Å². The van der Waals surface area contributed by atoms with Gasteiger partial charge in [-0.05, 0) is 36.8 Å². The molecule has 10 nitrogen and oxygen atoms in total. The van der Waals surface area contributed by atoms with Crippen molar-refractivity contribution in [2.75, 3.05) is 67.2 Å². The first-order chi connectivity index (χ1) is 19.3. The lowest BCUT2D eigenvalue weighted by atomic mass is 10.1. The number of hydrogen-bond donors (Lipinski definition) is 0. The van der Waals surface area contributed by atoms with Crippen molar-refractivity contribution in [3.63, 3.8) is 0 Å². The number of hydrogen-bond acceptors (Lipinski definition) is 8. The van der Waals surface area contributed by atoms with Crippen LogP contribution in [0.2, 0.25) is 0 Å². The van der Waals surface area contributed by atoms with Crippen molar-refractivity contribution >= 4 is 17.8 Å². The number of piperazine rings is 1. The van der Waals surface area contributed by atoms with E-state index in [2.05, 4.69) is 4.90 Å². The topological polar surface area (TPSA) is 97.9 Å². The molecule has 1 aliphatic rings. The molecule has 3 rings (SSSR count). The van der Waals surface area contributed by atoms with Crippen LogP contribution in [0.5, 0.6) is 17.2 Å². The van der Waals surface area contributed by atoms with E-state index in [4.69, 9.17) is 18.9 Å². The highest BCUT2D eigenvalue weighted by Crippen LogP contribution is 2.38. The molecule has 11 heteroatoms. The summed E-state index contributed by atoms with van der Waals surface area (Å²) >= 11 is 0. The molecule has 2 amide bonds. The quantitative estimate of drug-likeness (QED) is 0.346. The van der Waals surface area contributed by atoms with Crippen LogP contribution in [-0.4, -0.2) is 99.7 Å². The Morgan fingerprint density at radius 1 is 0.900 bits per heavy atom. The summed E-state index contributed by atoms with van der Waals surface area (Å²) < 4.78 is 34.6. The van der Waals surface area contributed by atoms with Crippen LogP contribution < -0.4 is 14.2 Å². The fourth-order valence-electron chi connectivity index (χ4n) is 4.53. The van der Waals surface area contributed by atoms with Crippen molar-refractivity contribution in [1.82, 2.24) is 14.7 Å². The first kappa shape index (κ1) is 30.7. The zero-order valence-electron chi connectivity index (χ0n) is 23.6. The number of nitrogens with zero attached hydrogens (tertiary/aromatic N) is 3. The molecule has 0 N–H and O–H groups in total. The van der Waals surface area contributed by atoms with Gasteiger partial charge in [-0.25, -0.2) is 4.39 Å². The lowest BCUT2D eigenvalue weighted by Gasteiger charge is -2.36. The highest BCUT2D eigenvalue weighted by atomic mass is 19.1. The van der Waals surface area contributed by atoms with Crippen molar-refractivity contribution in [1.29, 1.82) is 0 Å². The summed E-state index contributed by atoms with van der Waals surface area (Å²) in [4.78, 5) is 43.4. The van der Waals surface area contributed by atoms with E-state index in [1.165, 1.54) is 33.5 Å². The SMILES string of the molecule is CCOC(=O)CCC(=O)N1CCN(CCN(Cc2ccc(F)cc2)C(=O)c2cc(OC)c(OC)c(OC)c2)CC1. The van der Waals surface area contributed by atoms with Crippen LogP contribution in [0.25, 0.3) is 0 Å². The van der Waals surface area contributed by atoms with E-state index in [0.717, 1.165) is 5.56 Å². The number of rotatable bonds is 13. The number of ether oxygens (including phenoxy) is 4. The molecule has 40 heavy (non-hydrogen) atoms. The Labute approximate surface area is 234 Å². The summed E-state index contributed by atoms with van der Waals surface area (Å²) in [6, 6.07) is 9.28. The monoisotopic (exact) mass is 559 g/mol. The van der Waals surface area contributed by atoms with Gasteiger partial charge in [0.1, 0.15) is 5.82 Å². The maximum absolute atomic E-state index is 13.7. The minimum Gasteiger partial charge on any atom is -0.493 e. The van der Waals surface area contributed by atoms with Gasteiger partial charge in [0, 0.05) is 57.8 Å². The molecule has 0 saturated carbocycles. The van der Waals surface area contributed by atoms with Crippen molar-refractivity contribution in [2.45, 2.75) is 26.3 Å². The van der Waals surface area contributed by atoms with Gasteiger partial charge in [0.15, 0.2) is 11.5 Å². The summed E-state index contributed by atoms with van der Waals surface area (Å²) in [6.07, 6.45) is 0.210. The number of benzene rings is 2. The van der Waals surface area contributed by atoms with Crippen molar-refractivity contribution in [2.24, 2.45) is 0 Å². The van der Waals surface area contributed by atoms with Crippen LogP contribution in [0.1, 0.15) is 35.7 Å². The molecule has 1 aliphatic heterocycles. The Morgan fingerprint density at radius 2 is 1.52 bits per heavy atom. The zero-order chi connectivity index (χ0) is 29.1. The first-order valence-electron chi connectivity index (χ1n) is 13.3. The molecule has 2 aromatic carbocycles. The molecule has 1 heterocycles. The third-order valence-electron chi connectivity index (χ3n) is 6.75. The van der Waals surface area contributed by atoms with Gasteiger partial charge in [0.2, 0.25) is 11.7 Å². The zero-order valence-corrected chi connectivity index (χ0v) is 23.6. The van der Waals surface area contributed by atoms with Gasteiger partial charge >= 0.3 is 5.97 Å². The molecule has 0 aliphatic carbocycles. The van der Waals surface area contributed by atoms with Crippen LogP contribution in [0.15, 0.2) is 36.4 Å². The maximum Gasteiger partial charge on any atom is 0.306 e. The Hall–Kier alpha value is -3.86. The average Bonchev–Trinajstić information content (AvgIpc) is 2.98. The third kappa shape index (κ3) is 8.32. The minimum absolute atomic E-state index is 0.0665. The van der Waals surface area contributed by atoms with Crippen LogP contribution in [-0.2, 0) is 20.9 Å². The molecule has 0 aromatic heterocycles. The Balaban J connectivity index is 1.67. The number of esters is 1. The first-order valence-corrected chi connectivity index (χ1v) is 13.3. The molecule has 0 unspecified atom stereocenters. The summed E-state index contributed by atoms with van der Waals surface area (Å²) in [5.41, 5.74) is 1.16. The highest BCUT2D eigenvalue weighted by molar-refractivity contribution is 5.95. The van der Waals surface area contributed by atoms with Gasteiger partial charge in [0.25, 0.3) is 5.91 Å². The summed E-state index contributed by atoms with van der Waals surface area (Å²) in [5, 5.41) is 0. The number of methoxy groups -OCH3 is 3. The van der Waals surface area contributed by atoms with Crippen LogP contribution in [0.3, 0.4) is 0 Å². The van der Waals surface area contributed by atoms with E-state index in [-0.39, 0.29) is 43.0 Å². The van der Waals surface area contributed by atoms with Gasteiger partial charge in [-0.3, -0.25) is 19.3 Å². The maximum atomic E-state index is 13.7. The molecule has 218 valence electrons. The van der Waals surface area contributed by atoms with E-state index in [1.807, 2.05) is 0 Å². The van der Waals surface area contributed by atoms with Gasteiger partial charge in [-0.15, -0.1) is 0 Å². The number of amides is 2. The Bertz CT molecular complexity index is 1130. The second-order valence-electron chi connectivity index (χ2n) is 9.29. The smallest absolute Gasteiger partial charge is 0.306 e. The van der Waals surface area contributed by atoms with E-state index in [1.54, 1.807) is 41.0 Å². The second-order valence-corrected chi connectivity index (χ2v) is 9.29. The molecule has 1 fully saturated rings. The number of halogens is 1. The predicted molar refractivity (Wildman–Crippen MR) is 146 cm³/mol. The fraction of sp³-hybridized carbons (Fsp3) is 0.483. The lowest BCUT2D eigenvalue weighted by molar-refractivity contribution is -0.146. The molecule has 0 spiro atoms. The van der Waals surface area contributed by atoms with Crippen molar-refractivity contribution in [3.05, 3.63) is 53.3 Å². The molecule has 1 saturated heterocycles. The van der Waals surface area contributed by atoms with Gasteiger partial charge in [-0.2, -0.15) is 0 Å². The standard InChI is InChI=1S/C29H38FN3O7/c1-5-40-27(35)11-10-26(34)32-15-12-31(13-16-32)14-17-33(20-21-6-8-23(30)9-7-21)29(36)22-18-24(37-2)28(39-4)25(19-22)38-3/h6-9,18-19H,5,10-17,20H2,1-4H3. The number of carbonyl (C=O) groups excluding carboxylic acids is 3. The summed E-state index contributed by atoms with van der Waals surface area (Å²) in [7, 11) is 4.47. The molecular formula is C29H38FN3O7. The van der Waals surface area contributed by atoms with Gasteiger partial charge in [0.05, 0.1) is 34.4 Å². The van der Waals surface area contributed by atoms with Gasteiger partial charge in [-0.1, -0.05) is 12.1 Å². The second kappa shape index (κ2) is 15.1. The molecule has 0 atom stereocenters. The van der Waals surface area contributed by atoms with Crippen LogP contribution in [0.4, 0.5) is 4.39 Å². The van der Waals surface area contributed by atoms with E-state index in [9.17, 15) is 18.8 Å². The van der Waals surface area contributed by atoms with Crippen molar-refractivity contribution in [3.8, 4) is 17.2 Å². The van der Waals surface area contributed by atoms with Crippen LogP contribution in [0, 0.1) is 5.82 Å². The molecule has 0 radical (unpaired) electrons. The fourth-order valence-corrected chi connectivity index (χ4v) is 4.53. The number of carbonyl (C=O) groups is 3. The Kier molecular flexibility index (Phi) is 11.6. The summed E-state index contributed by atoms with van der Waals surface area (Å²) in [6.45, 7) is 5.68. The van der Waals surface area contributed by atoms with Crippen LogP contribution >= 0.6 is 0 Å². The Morgan fingerprint density at radius 3 is 2.08 bits per heavy atom. The lowest BCUT2D eigenvalue weighted by Crippen LogP contribution is -2.50. The highest BCUT2D eigenvalue weighted by Gasteiger charge is 2.25.